The molecular formula is C19H12BrN5O3. The summed E-state index contributed by atoms with van der Waals surface area (Å²) in [5.41, 5.74) is 2.46. The van der Waals surface area contributed by atoms with Gasteiger partial charge in [0, 0.05) is 22.5 Å². The lowest BCUT2D eigenvalue weighted by molar-refractivity contribution is 0.102. The van der Waals surface area contributed by atoms with E-state index in [0.717, 1.165) is 15.4 Å². The zero-order chi connectivity index (χ0) is 19.8. The van der Waals surface area contributed by atoms with E-state index in [0.29, 0.717) is 22.5 Å². The molecule has 0 saturated carbocycles. The Morgan fingerprint density at radius 3 is 2.82 bits per heavy atom. The second kappa shape index (κ2) is 6.83. The van der Waals surface area contributed by atoms with Gasteiger partial charge in [-0.1, -0.05) is 17.3 Å². The third kappa shape index (κ3) is 3.00. The first-order chi connectivity index (χ1) is 13.5. The fourth-order valence-corrected chi connectivity index (χ4v) is 3.68. The molecule has 0 fully saturated rings. The summed E-state index contributed by atoms with van der Waals surface area (Å²) in [7, 11) is 1.80. The summed E-state index contributed by atoms with van der Waals surface area (Å²) in [5, 5.41) is 16.5. The summed E-state index contributed by atoms with van der Waals surface area (Å²) in [6.45, 7) is 0. The van der Waals surface area contributed by atoms with Gasteiger partial charge >= 0.3 is 5.76 Å². The largest absolute Gasteiger partial charge is 0.439 e. The van der Waals surface area contributed by atoms with Crippen LogP contribution in [0.1, 0.15) is 16.1 Å². The topological polar surface area (TPSA) is 117 Å². The van der Waals surface area contributed by atoms with E-state index in [9.17, 15) is 9.59 Å². The highest BCUT2D eigenvalue weighted by molar-refractivity contribution is 9.10. The highest BCUT2D eigenvalue weighted by Gasteiger charge is 2.18. The SMILES string of the molecule is Cn1c(C(=O)Nc2ccc(C#N)cc2-c2noc(=O)[nH]2)cc2cccc(Br)c21. The number of nitrogens with one attached hydrogen (secondary N) is 2. The molecule has 0 aliphatic heterocycles. The van der Waals surface area contributed by atoms with E-state index < -0.39 is 5.76 Å². The summed E-state index contributed by atoms with van der Waals surface area (Å²) >= 11 is 3.50. The molecule has 0 bridgehead atoms. The lowest BCUT2D eigenvalue weighted by Crippen LogP contribution is -2.16. The van der Waals surface area contributed by atoms with Crippen LogP contribution in [0.15, 0.2) is 56.3 Å². The molecule has 2 heterocycles. The summed E-state index contributed by atoms with van der Waals surface area (Å²) in [4.78, 5) is 26.7. The number of benzene rings is 2. The van der Waals surface area contributed by atoms with Crippen molar-refractivity contribution < 1.29 is 9.32 Å². The molecule has 8 nitrogen and oxygen atoms in total. The number of hydrogen-bond donors (Lipinski definition) is 2. The smallest absolute Gasteiger partial charge is 0.339 e. The molecule has 2 N–H and O–H groups in total. The quantitative estimate of drug-likeness (QED) is 0.509. The van der Waals surface area contributed by atoms with Crippen molar-refractivity contribution in [2.24, 2.45) is 7.05 Å². The van der Waals surface area contributed by atoms with Crippen molar-refractivity contribution in [2.75, 3.05) is 5.32 Å². The Hall–Kier alpha value is -3.64. The minimum Gasteiger partial charge on any atom is -0.339 e. The van der Waals surface area contributed by atoms with E-state index in [-0.39, 0.29) is 11.7 Å². The molecule has 4 rings (SSSR count). The van der Waals surface area contributed by atoms with Crippen LogP contribution in [0.4, 0.5) is 5.69 Å². The molecule has 0 atom stereocenters. The van der Waals surface area contributed by atoms with E-state index in [1.807, 2.05) is 24.3 Å². The van der Waals surface area contributed by atoms with Gasteiger partial charge in [0.1, 0.15) is 5.69 Å². The van der Waals surface area contributed by atoms with Crippen LogP contribution in [-0.2, 0) is 7.05 Å². The molecular weight excluding hydrogens is 426 g/mol. The number of nitriles is 1. The van der Waals surface area contributed by atoms with Crippen LogP contribution in [0.2, 0.25) is 0 Å². The first kappa shape index (κ1) is 17.8. The van der Waals surface area contributed by atoms with Crippen LogP contribution in [0, 0.1) is 11.3 Å². The molecule has 2 aromatic heterocycles. The Kier molecular flexibility index (Phi) is 4.33. The number of carbonyl (C=O) groups excluding carboxylic acids is 1. The number of amides is 1. The van der Waals surface area contributed by atoms with Gasteiger partial charge in [-0.3, -0.25) is 14.3 Å². The second-order valence-corrected chi connectivity index (χ2v) is 6.89. The summed E-state index contributed by atoms with van der Waals surface area (Å²) < 4.78 is 7.21. The van der Waals surface area contributed by atoms with Gasteiger partial charge in [-0.25, -0.2) is 4.79 Å². The molecule has 0 unspecified atom stereocenters. The number of fused-ring (bicyclic) bond motifs is 1. The predicted molar refractivity (Wildman–Crippen MR) is 106 cm³/mol. The first-order valence-corrected chi connectivity index (χ1v) is 8.93. The first-order valence-electron chi connectivity index (χ1n) is 8.13. The Labute approximate surface area is 166 Å². The average Bonchev–Trinajstić information content (AvgIpc) is 3.26. The molecule has 9 heteroatoms. The monoisotopic (exact) mass is 437 g/mol. The van der Waals surface area contributed by atoms with E-state index in [1.165, 1.54) is 6.07 Å². The number of para-hydroxylation sites is 1. The lowest BCUT2D eigenvalue weighted by atomic mass is 10.1. The lowest BCUT2D eigenvalue weighted by Gasteiger charge is -2.10. The summed E-state index contributed by atoms with van der Waals surface area (Å²) in [6, 6.07) is 14.2. The minimum atomic E-state index is -0.729. The summed E-state index contributed by atoms with van der Waals surface area (Å²) in [6.07, 6.45) is 0. The van der Waals surface area contributed by atoms with Crippen LogP contribution < -0.4 is 11.1 Å². The number of aromatic amines is 1. The Balaban J connectivity index is 1.77. The van der Waals surface area contributed by atoms with Crippen molar-refractivity contribution in [3.8, 4) is 17.5 Å². The minimum absolute atomic E-state index is 0.122. The van der Waals surface area contributed by atoms with Crippen molar-refractivity contribution in [3.63, 3.8) is 0 Å². The van der Waals surface area contributed by atoms with Crippen molar-refractivity contribution in [2.45, 2.75) is 0 Å². The molecule has 0 aliphatic carbocycles. The van der Waals surface area contributed by atoms with Gasteiger partial charge in [-0.2, -0.15) is 5.26 Å². The number of aryl methyl sites for hydroxylation is 1. The summed E-state index contributed by atoms with van der Waals surface area (Å²) in [5.74, 6) is -0.951. The van der Waals surface area contributed by atoms with E-state index >= 15 is 0 Å². The highest BCUT2D eigenvalue weighted by Crippen LogP contribution is 2.29. The molecule has 1 amide bonds. The van der Waals surface area contributed by atoms with Crippen LogP contribution in [-0.4, -0.2) is 20.6 Å². The number of rotatable bonds is 3. The second-order valence-electron chi connectivity index (χ2n) is 6.04. The molecule has 0 saturated heterocycles. The Bertz CT molecular complexity index is 1330. The van der Waals surface area contributed by atoms with Crippen molar-refractivity contribution >= 4 is 38.4 Å². The number of nitrogens with zero attached hydrogens (tertiary/aromatic N) is 3. The highest BCUT2D eigenvalue weighted by atomic mass is 79.9. The number of anilines is 1. The number of H-pyrrole nitrogens is 1. The third-order valence-corrected chi connectivity index (χ3v) is 4.97. The molecule has 138 valence electrons. The van der Waals surface area contributed by atoms with Crippen molar-refractivity contribution in [3.05, 3.63) is 68.7 Å². The zero-order valence-corrected chi connectivity index (χ0v) is 16.1. The number of halogens is 1. The molecule has 0 aliphatic rings. The van der Waals surface area contributed by atoms with Crippen molar-refractivity contribution in [1.29, 1.82) is 5.26 Å². The maximum Gasteiger partial charge on any atom is 0.439 e. The third-order valence-electron chi connectivity index (χ3n) is 4.33. The average molecular weight is 438 g/mol. The molecule has 0 radical (unpaired) electrons. The van der Waals surface area contributed by atoms with Crippen LogP contribution in [0.5, 0.6) is 0 Å². The number of carbonyl (C=O) groups is 1. The molecule has 4 aromatic rings. The molecule has 28 heavy (non-hydrogen) atoms. The van der Waals surface area contributed by atoms with Crippen LogP contribution in [0.25, 0.3) is 22.3 Å². The fraction of sp³-hybridized carbons (Fsp3) is 0.0526. The van der Waals surface area contributed by atoms with Gasteiger partial charge in [0.2, 0.25) is 0 Å². The van der Waals surface area contributed by atoms with E-state index in [2.05, 4.69) is 35.9 Å². The normalized spacial score (nSPS) is 10.8. The van der Waals surface area contributed by atoms with Crippen LogP contribution in [0.3, 0.4) is 0 Å². The Morgan fingerprint density at radius 2 is 2.14 bits per heavy atom. The molecule has 0 spiro atoms. The van der Waals surface area contributed by atoms with Gasteiger partial charge in [-0.15, -0.1) is 0 Å². The predicted octanol–water partition coefficient (Wildman–Crippen LogP) is 3.41. The van der Waals surface area contributed by atoms with E-state index in [4.69, 9.17) is 5.26 Å². The van der Waals surface area contributed by atoms with Crippen molar-refractivity contribution in [1.82, 2.24) is 14.7 Å². The molecule has 2 aromatic carbocycles. The van der Waals surface area contributed by atoms with Crippen LogP contribution >= 0.6 is 15.9 Å². The van der Waals surface area contributed by atoms with Gasteiger partial charge in [0.15, 0.2) is 5.82 Å². The standard InChI is InChI=1S/C19H12BrN5O3/c1-25-15(8-11-3-2-4-13(20)16(11)25)18(26)22-14-6-5-10(9-21)7-12(14)17-23-19(27)28-24-17/h2-8H,1H3,(H,22,26)(H,23,24,27). The number of aromatic nitrogens is 3. The van der Waals surface area contributed by atoms with E-state index in [1.54, 1.807) is 29.8 Å². The maximum atomic E-state index is 12.9. The Morgan fingerprint density at radius 1 is 1.32 bits per heavy atom. The van der Waals surface area contributed by atoms with Gasteiger partial charge < -0.3 is 9.88 Å². The zero-order valence-electron chi connectivity index (χ0n) is 14.5. The fourth-order valence-electron chi connectivity index (χ4n) is 3.04. The number of hydrogen-bond acceptors (Lipinski definition) is 5. The van der Waals surface area contributed by atoms with Gasteiger partial charge in [-0.05, 0) is 46.3 Å². The van der Waals surface area contributed by atoms with Gasteiger partial charge in [0.05, 0.1) is 22.8 Å². The maximum absolute atomic E-state index is 12.9. The van der Waals surface area contributed by atoms with Gasteiger partial charge in [0.25, 0.3) is 5.91 Å².